The van der Waals surface area contributed by atoms with Crippen LogP contribution in [0.4, 0.5) is 5.69 Å². The van der Waals surface area contributed by atoms with Crippen molar-refractivity contribution in [1.29, 1.82) is 0 Å². The molecule has 0 bridgehead atoms. The van der Waals surface area contributed by atoms with Crippen LogP contribution in [0.5, 0.6) is 0 Å². The van der Waals surface area contributed by atoms with Crippen LogP contribution in [-0.2, 0) is 9.59 Å². The van der Waals surface area contributed by atoms with Crippen molar-refractivity contribution in [2.24, 2.45) is 5.41 Å². The summed E-state index contributed by atoms with van der Waals surface area (Å²) in [5.74, 6) is -2.96. The maximum atomic E-state index is 12.2. The Labute approximate surface area is 157 Å². The first-order valence-corrected chi connectivity index (χ1v) is 9.63. The predicted octanol–water partition coefficient (Wildman–Crippen LogP) is 2.29. The van der Waals surface area contributed by atoms with Gasteiger partial charge in [-0.15, -0.1) is 11.8 Å². The van der Waals surface area contributed by atoms with Crippen molar-refractivity contribution in [2.45, 2.75) is 17.4 Å². The van der Waals surface area contributed by atoms with Gasteiger partial charge in [-0.1, -0.05) is 23.5 Å². The summed E-state index contributed by atoms with van der Waals surface area (Å²) in [7, 11) is 3.79. The minimum absolute atomic E-state index is 0.0778. The maximum absolute atomic E-state index is 12.2. The zero-order valence-electron chi connectivity index (χ0n) is 14.2. The van der Waals surface area contributed by atoms with Gasteiger partial charge in [-0.25, -0.2) is 0 Å². The van der Waals surface area contributed by atoms with Crippen LogP contribution in [0.15, 0.2) is 34.1 Å². The van der Waals surface area contributed by atoms with Crippen LogP contribution >= 0.6 is 23.1 Å². The van der Waals surface area contributed by atoms with E-state index in [2.05, 4.69) is 4.98 Å². The Balaban J connectivity index is 2.20. The highest BCUT2D eigenvalue weighted by molar-refractivity contribution is 7.99. The molecule has 0 spiro atoms. The molecule has 1 aromatic carbocycles. The topological polar surface area (TPSA) is 111 Å². The highest BCUT2D eigenvalue weighted by Gasteiger charge is 2.53. The van der Waals surface area contributed by atoms with Crippen LogP contribution in [0.1, 0.15) is 22.8 Å². The van der Waals surface area contributed by atoms with E-state index in [9.17, 15) is 24.6 Å². The number of carbonyl (C=O) groups is 2. The quantitative estimate of drug-likeness (QED) is 0.713. The highest BCUT2D eigenvalue weighted by atomic mass is 32.2. The number of aromatic nitrogens is 1. The van der Waals surface area contributed by atoms with Crippen molar-refractivity contribution in [3.8, 4) is 0 Å². The first-order valence-electron chi connectivity index (χ1n) is 7.83. The minimum atomic E-state index is -1.52. The molecule has 0 saturated carbocycles. The number of benzene rings is 1. The van der Waals surface area contributed by atoms with Gasteiger partial charge in [-0.2, -0.15) is 0 Å². The van der Waals surface area contributed by atoms with Crippen molar-refractivity contribution in [3.05, 3.63) is 44.4 Å². The molecule has 0 aliphatic carbocycles. The number of aromatic amines is 1. The van der Waals surface area contributed by atoms with E-state index < -0.39 is 29.7 Å². The van der Waals surface area contributed by atoms with Gasteiger partial charge in [0.15, 0.2) is 0 Å². The van der Waals surface area contributed by atoms with Crippen LogP contribution in [0.25, 0.3) is 0 Å². The van der Waals surface area contributed by atoms with Crippen LogP contribution < -0.4 is 9.77 Å². The predicted molar refractivity (Wildman–Crippen MR) is 101 cm³/mol. The number of carboxylic acid groups (broad SMARTS) is 2. The lowest BCUT2D eigenvalue weighted by atomic mass is 9.70. The van der Waals surface area contributed by atoms with Crippen molar-refractivity contribution >= 4 is 40.7 Å². The molecule has 2 atom stereocenters. The smallest absolute Gasteiger partial charge is 0.312 e. The Hall–Kier alpha value is -2.26. The average Bonchev–Trinajstić information content (AvgIpc) is 2.94. The van der Waals surface area contributed by atoms with Gasteiger partial charge in [-0.05, 0) is 17.7 Å². The second-order valence-electron chi connectivity index (χ2n) is 6.45. The van der Waals surface area contributed by atoms with Gasteiger partial charge >= 0.3 is 16.8 Å². The first-order chi connectivity index (χ1) is 12.2. The van der Waals surface area contributed by atoms with Gasteiger partial charge < -0.3 is 20.1 Å². The summed E-state index contributed by atoms with van der Waals surface area (Å²) in [6.45, 7) is 0. The van der Waals surface area contributed by atoms with Crippen LogP contribution in [-0.4, -0.2) is 47.0 Å². The SMILES string of the molecule is CN(C)c1ccc([C@H]2c3sc(=O)[nH]c3SC[C@@]2(CC(=O)O)C(=O)O)cc1. The number of fused-ring (bicyclic) bond motifs is 1. The molecule has 0 amide bonds. The van der Waals surface area contributed by atoms with Gasteiger partial charge in [-0.3, -0.25) is 14.4 Å². The first kappa shape index (κ1) is 18.5. The van der Waals surface area contributed by atoms with Crippen molar-refractivity contribution in [2.75, 3.05) is 24.7 Å². The fraction of sp³-hybridized carbons (Fsp3) is 0.353. The van der Waals surface area contributed by atoms with E-state index in [1.807, 2.05) is 43.3 Å². The Morgan fingerprint density at radius 3 is 2.46 bits per heavy atom. The molecule has 9 heteroatoms. The second-order valence-corrected chi connectivity index (χ2v) is 8.45. The molecule has 1 aromatic heterocycles. The fourth-order valence-corrected chi connectivity index (χ4v) is 5.84. The zero-order chi connectivity index (χ0) is 19.1. The Morgan fingerprint density at radius 2 is 1.92 bits per heavy atom. The molecular formula is C17H18N2O5S2. The molecule has 26 heavy (non-hydrogen) atoms. The lowest BCUT2D eigenvalue weighted by Crippen LogP contribution is -2.44. The van der Waals surface area contributed by atoms with E-state index in [0.717, 1.165) is 17.0 Å². The van der Waals surface area contributed by atoms with Gasteiger partial charge in [0, 0.05) is 36.3 Å². The lowest BCUT2D eigenvalue weighted by molar-refractivity contribution is -0.155. The molecule has 3 rings (SSSR count). The molecule has 138 valence electrons. The van der Waals surface area contributed by atoms with Crippen molar-refractivity contribution in [1.82, 2.24) is 4.98 Å². The molecule has 0 radical (unpaired) electrons. The number of aliphatic carboxylic acids is 2. The monoisotopic (exact) mass is 394 g/mol. The average molecular weight is 394 g/mol. The van der Waals surface area contributed by atoms with Crippen molar-refractivity contribution in [3.63, 3.8) is 0 Å². The number of carboxylic acids is 2. The summed E-state index contributed by atoms with van der Waals surface area (Å²) in [6.07, 6.45) is -0.513. The molecular weight excluding hydrogens is 376 g/mol. The normalized spacial score (nSPS) is 21.8. The number of nitrogens with one attached hydrogen (secondary N) is 1. The lowest BCUT2D eigenvalue weighted by Gasteiger charge is -2.39. The summed E-state index contributed by atoms with van der Waals surface area (Å²) in [4.78, 5) is 40.5. The van der Waals surface area contributed by atoms with Crippen molar-refractivity contribution < 1.29 is 19.8 Å². The Bertz CT molecular complexity index is 903. The number of H-pyrrole nitrogens is 1. The third-order valence-electron chi connectivity index (χ3n) is 4.57. The number of rotatable bonds is 5. The summed E-state index contributed by atoms with van der Waals surface area (Å²) in [5.41, 5.74) is 0.116. The molecule has 3 N–H and O–H groups in total. The Kier molecular flexibility index (Phi) is 4.85. The maximum Gasteiger partial charge on any atom is 0.312 e. The highest BCUT2D eigenvalue weighted by Crippen LogP contribution is 2.54. The zero-order valence-corrected chi connectivity index (χ0v) is 15.8. The number of nitrogens with zero attached hydrogens (tertiary/aromatic N) is 1. The van der Waals surface area contributed by atoms with Gasteiger partial charge in [0.2, 0.25) is 0 Å². The number of thiazole rings is 1. The van der Waals surface area contributed by atoms with E-state index >= 15 is 0 Å². The van der Waals surface area contributed by atoms with E-state index in [1.54, 1.807) is 0 Å². The summed E-state index contributed by atoms with van der Waals surface area (Å²) >= 11 is 2.15. The number of hydrogen-bond donors (Lipinski definition) is 3. The van der Waals surface area contributed by atoms with Gasteiger partial charge in [0.1, 0.15) is 0 Å². The molecule has 0 fully saturated rings. The molecule has 2 aromatic rings. The largest absolute Gasteiger partial charge is 0.481 e. The fourth-order valence-electron chi connectivity index (χ4n) is 3.28. The van der Waals surface area contributed by atoms with E-state index in [4.69, 9.17) is 0 Å². The summed E-state index contributed by atoms with van der Waals surface area (Å²) < 4.78 is 0. The minimum Gasteiger partial charge on any atom is -0.481 e. The van der Waals surface area contributed by atoms with E-state index in [0.29, 0.717) is 15.5 Å². The molecule has 1 aliphatic rings. The molecule has 7 nitrogen and oxygen atoms in total. The van der Waals surface area contributed by atoms with Gasteiger partial charge in [0.25, 0.3) is 0 Å². The third kappa shape index (κ3) is 3.12. The van der Waals surface area contributed by atoms with Crippen LogP contribution in [0.3, 0.4) is 0 Å². The Morgan fingerprint density at radius 1 is 1.27 bits per heavy atom. The molecule has 0 saturated heterocycles. The molecule has 2 heterocycles. The van der Waals surface area contributed by atoms with E-state index in [-0.39, 0.29) is 10.6 Å². The third-order valence-corrected chi connectivity index (χ3v) is 6.91. The number of thioether (sulfide) groups is 1. The van der Waals surface area contributed by atoms with Crippen LogP contribution in [0, 0.1) is 5.41 Å². The number of hydrogen-bond acceptors (Lipinski definition) is 6. The summed E-state index contributed by atoms with van der Waals surface area (Å²) in [5, 5.41) is 20.0. The molecule has 0 unspecified atom stereocenters. The number of anilines is 1. The van der Waals surface area contributed by atoms with Crippen LogP contribution in [0.2, 0.25) is 0 Å². The summed E-state index contributed by atoms with van der Waals surface area (Å²) in [6, 6.07) is 7.34. The van der Waals surface area contributed by atoms with Gasteiger partial charge in [0.05, 0.1) is 16.9 Å². The second kappa shape index (κ2) is 6.81. The van der Waals surface area contributed by atoms with E-state index in [1.165, 1.54) is 11.8 Å². The standard InChI is InChI=1S/C17H18N2O5S2/c1-19(2)10-5-3-9(4-6-10)12-13-14(18-16(24)26-13)25-8-17(12,15(22)23)7-11(20)21/h3-6,12H,7-8H2,1-2H3,(H,18,24)(H,20,21)(H,22,23)/t12-,17+/m0/s1. The molecule has 1 aliphatic heterocycles.